The number of hydrogen-bond acceptors (Lipinski definition) is 9. The maximum atomic E-state index is 11.9. The second kappa shape index (κ2) is 8.74. The van der Waals surface area contributed by atoms with Gasteiger partial charge in [-0.25, -0.2) is 4.79 Å². The lowest BCUT2D eigenvalue weighted by Gasteiger charge is -2.10. The monoisotopic (exact) mass is 397 g/mol. The first-order chi connectivity index (χ1) is 14.0. The number of esters is 1. The number of rotatable bonds is 8. The van der Waals surface area contributed by atoms with Gasteiger partial charge in [0.1, 0.15) is 12.0 Å². The van der Waals surface area contributed by atoms with Crippen molar-refractivity contribution in [2.45, 2.75) is 13.0 Å². The van der Waals surface area contributed by atoms with Crippen molar-refractivity contribution in [1.82, 2.24) is 10.2 Å². The Balaban J connectivity index is 1.56. The summed E-state index contributed by atoms with van der Waals surface area (Å²) in [5, 5.41) is 18.4. The second-order valence-corrected chi connectivity index (χ2v) is 5.86. The van der Waals surface area contributed by atoms with E-state index in [2.05, 4.69) is 10.2 Å². The van der Waals surface area contributed by atoms with Gasteiger partial charge in [-0.05, 0) is 43.3 Å². The van der Waals surface area contributed by atoms with Crippen molar-refractivity contribution >= 4 is 17.9 Å². The van der Waals surface area contributed by atoms with Crippen LogP contribution >= 0.6 is 0 Å². The van der Waals surface area contributed by atoms with E-state index in [0.29, 0.717) is 23.2 Å². The quantitative estimate of drug-likeness (QED) is 0.243. The van der Waals surface area contributed by atoms with Gasteiger partial charge in [-0.1, -0.05) is 0 Å². The average molecular weight is 397 g/mol. The van der Waals surface area contributed by atoms with Crippen LogP contribution in [0.15, 0.2) is 52.9 Å². The Morgan fingerprint density at radius 1 is 1.17 bits per heavy atom. The molecule has 10 heteroatoms. The minimum atomic E-state index is -0.817. The molecule has 148 valence electrons. The van der Waals surface area contributed by atoms with E-state index in [-0.39, 0.29) is 24.1 Å². The van der Waals surface area contributed by atoms with Crippen LogP contribution in [0.2, 0.25) is 0 Å². The van der Waals surface area contributed by atoms with Gasteiger partial charge in [0.05, 0.1) is 4.92 Å². The largest absolute Gasteiger partial charge is 0.482 e. The van der Waals surface area contributed by atoms with Crippen LogP contribution in [0.25, 0.3) is 11.5 Å². The summed E-state index contributed by atoms with van der Waals surface area (Å²) in [6, 6.07) is 11.9. The maximum Gasteiger partial charge on any atom is 0.344 e. The van der Waals surface area contributed by atoms with E-state index in [1.807, 2.05) is 0 Å². The van der Waals surface area contributed by atoms with Crippen LogP contribution in [0, 0.1) is 10.1 Å². The molecule has 0 unspecified atom stereocenters. The molecule has 1 heterocycles. The Labute approximate surface area is 164 Å². The summed E-state index contributed by atoms with van der Waals surface area (Å²) in [5.74, 6) is -0.0168. The number of aromatic nitrogens is 2. The fourth-order valence-electron chi connectivity index (χ4n) is 2.31. The van der Waals surface area contributed by atoms with Gasteiger partial charge in [0.25, 0.3) is 11.6 Å². The van der Waals surface area contributed by atoms with Crippen molar-refractivity contribution in [3.8, 4) is 17.2 Å². The van der Waals surface area contributed by atoms with Crippen molar-refractivity contribution in [3.05, 3.63) is 70.1 Å². The van der Waals surface area contributed by atoms with Crippen LogP contribution in [-0.2, 0) is 9.53 Å². The molecule has 0 bridgehead atoms. The molecule has 0 N–H and O–H groups in total. The number of aldehydes is 1. The molecule has 0 aliphatic heterocycles. The molecule has 0 amide bonds. The zero-order chi connectivity index (χ0) is 20.8. The molecular formula is C19H15N3O7. The van der Waals surface area contributed by atoms with Crippen molar-refractivity contribution in [3.63, 3.8) is 0 Å². The number of hydrogen-bond donors (Lipinski definition) is 0. The third-order valence-corrected chi connectivity index (χ3v) is 3.79. The van der Waals surface area contributed by atoms with Gasteiger partial charge in [-0.3, -0.25) is 14.9 Å². The number of carbonyl (C=O) groups excluding carboxylic acids is 2. The highest BCUT2D eigenvalue weighted by atomic mass is 16.6. The van der Waals surface area contributed by atoms with E-state index >= 15 is 0 Å². The van der Waals surface area contributed by atoms with E-state index in [0.717, 1.165) is 0 Å². The number of nitrogens with zero attached hydrogens (tertiary/aromatic N) is 3. The van der Waals surface area contributed by atoms with Gasteiger partial charge >= 0.3 is 5.97 Å². The molecule has 0 aliphatic rings. The molecule has 10 nitrogen and oxygen atoms in total. The van der Waals surface area contributed by atoms with Gasteiger partial charge in [-0.2, -0.15) is 0 Å². The molecule has 1 aromatic heterocycles. The van der Waals surface area contributed by atoms with E-state index in [1.54, 1.807) is 31.2 Å². The molecule has 0 fully saturated rings. The molecule has 0 radical (unpaired) electrons. The molecule has 0 saturated carbocycles. The SMILES string of the molecule is C[C@H](OC(=O)COc1ccc(C=O)cc1)c1nnc(-c2ccc([N+](=O)[O-])cc2)o1. The standard InChI is InChI=1S/C19H15N3O7/c1-12(28-17(24)11-27-16-8-2-13(10-23)3-9-16)18-20-21-19(29-18)14-4-6-15(7-5-14)22(25)26/h2-10,12H,11H2,1H3/t12-/m0/s1. The number of non-ortho nitro benzene ring substituents is 1. The second-order valence-electron chi connectivity index (χ2n) is 5.86. The van der Waals surface area contributed by atoms with Gasteiger partial charge in [0.15, 0.2) is 12.7 Å². The first kappa shape index (κ1) is 19.7. The van der Waals surface area contributed by atoms with Crippen molar-refractivity contribution in [2.24, 2.45) is 0 Å². The van der Waals surface area contributed by atoms with Crippen molar-refractivity contribution < 1.29 is 28.4 Å². The predicted molar refractivity (Wildman–Crippen MR) is 98.2 cm³/mol. The average Bonchev–Trinajstić information content (AvgIpc) is 3.23. The summed E-state index contributed by atoms with van der Waals surface area (Å²) < 4.78 is 16.0. The van der Waals surface area contributed by atoms with Crippen LogP contribution in [0.5, 0.6) is 5.75 Å². The first-order valence-electron chi connectivity index (χ1n) is 8.42. The Morgan fingerprint density at radius 2 is 1.86 bits per heavy atom. The number of carbonyl (C=O) groups is 2. The molecule has 3 aromatic rings. The lowest BCUT2D eigenvalue weighted by Crippen LogP contribution is -2.17. The van der Waals surface area contributed by atoms with Gasteiger partial charge in [-0.15, -0.1) is 10.2 Å². The van der Waals surface area contributed by atoms with Crippen LogP contribution in [0.4, 0.5) is 5.69 Å². The van der Waals surface area contributed by atoms with E-state index < -0.39 is 17.0 Å². The van der Waals surface area contributed by atoms with Crippen LogP contribution in [0.3, 0.4) is 0 Å². The lowest BCUT2D eigenvalue weighted by molar-refractivity contribution is -0.384. The number of benzene rings is 2. The summed E-state index contributed by atoms with van der Waals surface area (Å²) >= 11 is 0. The van der Waals surface area contributed by atoms with Crippen LogP contribution in [0.1, 0.15) is 29.3 Å². The summed E-state index contributed by atoms with van der Waals surface area (Å²) in [7, 11) is 0. The topological polar surface area (TPSA) is 135 Å². The van der Waals surface area contributed by atoms with E-state index in [9.17, 15) is 19.7 Å². The molecule has 0 spiro atoms. The number of nitro benzene ring substituents is 1. The Hall–Kier alpha value is -4.08. The molecular weight excluding hydrogens is 382 g/mol. The van der Waals surface area contributed by atoms with E-state index in [4.69, 9.17) is 13.9 Å². The zero-order valence-corrected chi connectivity index (χ0v) is 15.2. The summed E-state index contributed by atoms with van der Waals surface area (Å²) in [6.45, 7) is 1.22. The number of nitro groups is 1. The third-order valence-electron chi connectivity index (χ3n) is 3.79. The lowest BCUT2D eigenvalue weighted by atomic mass is 10.2. The highest BCUT2D eigenvalue weighted by molar-refractivity contribution is 5.75. The molecule has 1 atom stereocenters. The summed E-state index contributed by atoms with van der Waals surface area (Å²) in [5.41, 5.74) is 0.931. The molecule has 0 saturated heterocycles. The van der Waals surface area contributed by atoms with Crippen LogP contribution in [-0.4, -0.2) is 34.0 Å². The normalized spacial score (nSPS) is 11.5. The first-order valence-corrected chi connectivity index (χ1v) is 8.42. The summed E-state index contributed by atoms with van der Waals surface area (Å²) in [6.07, 6.45) is -0.113. The molecule has 3 rings (SSSR count). The van der Waals surface area contributed by atoms with Crippen LogP contribution < -0.4 is 4.74 Å². The van der Waals surface area contributed by atoms with Gasteiger partial charge in [0, 0.05) is 23.3 Å². The highest BCUT2D eigenvalue weighted by Gasteiger charge is 2.19. The molecule has 29 heavy (non-hydrogen) atoms. The Bertz CT molecular complexity index is 1010. The van der Waals surface area contributed by atoms with Crippen molar-refractivity contribution in [2.75, 3.05) is 6.61 Å². The number of ether oxygens (including phenoxy) is 2. The Kier molecular flexibility index (Phi) is 5.93. The maximum absolute atomic E-state index is 11.9. The fourth-order valence-corrected chi connectivity index (χ4v) is 2.31. The minimum absolute atomic E-state index is 0.0587. The highest BCUT2D eigenvalue weighted by Crippen LogP contribution is 2.24. The molecule has 2 aromatic carbocycles. The summed E-state index contributed by atoms with van der Waals surface area (Å²) in [4.78, 5) is 32.7. The minimum Gasteiger partial charge on any atom is -0.482 e. The smallest absolute Gasteiger partial charge is 0.344 e. The Morgan fingerprint density at radius 3 is 2.48 bits per heavy atom. The predicted octanol–water partition coefficient (Wildman–Crippen LogP) is 3.14. The van der Waals surface area contributed by atoms with Crippen molar-refractivity contribution in [1.29, 1.82) is 0 Å². The van der Waals surface area contributed by atoms with E-state index in [1.165, 1.54) is 24.3 Å². The zero-order valence-electron chi connectivity index (χ0n) is 15.2. The van der Waals surface area contributed by atoms with Gasteiger partial charge in [0.2, 0.25) is 5.89 Å². The molecule has 0 aliphatic carbocycles. The third kappa shape index (κ3) is 5.01. The fraction of sp³-hybridized carbons (Fsp3) is 0.158. The van der Waals surface area contributed by atoms with Gasteiger partial charge < -0.3 is 13.9 Å².